The number of carbonyl (C=O) groups excluding carboxylic acids is 3. The summed E-state index contributed by atoms with van der Waals surface area (Å²) in [4.78, 5) is 40.9. The summed E-state index contributed by atoms with van der Waals surface area (Å²) in [5.41, 5.74) is 0.560. The van der Waals surface area contributed by atoms with E-state index in [1.54, 1.807) is 6.07 Å². The van der Waals surface area contributed by atoms with E-state index in [2.05, 4.69) is 5.32 Å². The van der Waals surface area contributed by atoms with Crippen molar-refractivity contribution in [3.63, 3.8) is 0 Å². The van der Waals surface area contributed by atoms with E-state index in [9.17, 15) is 19.5 Å². The molecule has 2 fully saturated rings. The molecule has 0 spiro atoms. The highest BCUT2D eigenvalue weighted by Gasteiger charge is 2.44. The SMILES string of the molecule is COC(=O)[C@@H]1C[C@@H](OCCCO)CN1C(=O)[C@@H](NC(=O)Cc1cc(O)cc(OC)c1)C1CCCCC1. The van der Waals surface area contributed by atoms with Gasteiger partial charge in [0.1, 0.15) is 23.6 Å². The molecule has 2 amide bonds. The van der Waals surface area contributed by atoms with Gasteiger partial charge in [0.15, 0.2) is 0 Å². The Bertz CT molecular complexity index is 902. The summed E-state index contributed by atoms with van der Waals surface area (Å²) in [5, 5.41) is 21.9. The first kappa shape index (κ1) is 27.7. The van der Waals surface area contributed by atoms with Crippen LogP contribution >= 0.6 is 0 Å². The highest BCUT2D eigenvalue weighted by molar-refractivity contribution is 5.92. The largest absolute Gasteiger partial charge is 0.508 e. The molecule has 200 valence electrons. The van der Waals surface area contributed by atoms with E-state index in [0.29, 0.717) is 30.8 Å². The molecule has 1 saturated carbocycles. The fraction of sp³-hybridized carbons (Fsp3) is 0.654. The number of aliphatic hydroxyl groups is 1. The van der Waals surface area contributed by atoms with Crippen LogP contribution in [0.15, 0.2) is 18.2 Å². The number of likely N-dealkylation sites (tertiary alicyclic amines) is 1. The van der Waals surface area contributed by atoms with Crippen LogP contribution in [-0.2, 0) is 30.3 Å². The second-order valence-corrected chi connectivity index (χ2v) is 9.49. The Balaban J connectivity index is 1.77. The molecule has 3 N–H and O–H groups in total. The van der Waals surface area contributed by atoms with Crippen LogP contribution in [0.2, 0.25) is 0 Å². The van der Waals surface area contributed by atoms with Gasteiger partial charge in [-0.15, -0.1) is 0 Å². The zero-order valence-electron chi connectivity index (χ0n) is 21.1. The number of methoxy groups -OCH3 is 2. The predicted molar refractivity (Wildman–Crippen MR) is 130 cm³/mol. The number of amides is 2. The Morgan fingerprint density at radius 2 is 1.89 bits per heavy atom. The van der Waals surface area contributed by atoms with E-state index < -0.39 is 18.1 Å². The lowest BCUT2D eigenvalue weighted by Crippen LogP contribution is -2.55. The summed E-state index contributed by atoms with van der Waals surface area (Å²) >= 11 is 0. The van der Waals surface area contributed by atoms with Gasteiger partial charge >= 0.3 is 5.97 Å². The van der Waals surface area contributed by atoms with Crippen molar-refractivity contribution in [2.45, 2.75) is 69.6 Å². The Morgan fingerprint density at radius 1 is 1.14 bits per heavy atom. The lowest BCUT2D eigenvalue weighted by molar-refractivity contribution is -0.152. The van der Waals surface area contributed by atoms with Crippen molar-refractivity contribution in [2.75, 3.05) is 34.0 Å². The molecule has 1 saturated heterocycles. The lowest BCUT2D eigenvalue weighted by Gasteiger charge is -2.34. The molecule has 1 aromatic carbocycles. The van der Waals surface area contributed by atoms with Gasteiger partial charge in [-0.2, -0.15) is 0 Å². The van der Waals surface area contributed by atoms with Crippen LogP contribution < -0.4 is 10.1 Å². The van der Waals surface area contributed by atoms with Crippen molar-refractivity contribution in [1.82, 2.24) is 10.2 Å². The zero-order valence-corrected chi connectivity index (χ0v) is 21.1. The molecule has 1 aliphatic heterocycles. The van der Waals surface area contributed by atoms with E-state index in [-0.39, 0.29) is 49.2 Å². The number of nitrogens with zero attached hydrogens (tertiary/aromatic N) is 1. The molecule has 36 heavy (non-hydrogen) atoms. The van der Waals surface area contributed by atoms with E-state index in [0.717, 1.165) is 32.1 Å². The number of hydrogen-bond donors (Lipinski definition) is 3. The van der Waals surface area contributed by atoms with Crippen molar-refractivity contribution < 1.29 is 38.8 Å². The predicted octanol–water partition coefficient (Wildman–Crippen LogP) is 1.55. The number of aliphatic hydroxyl groups excluding tert-OH is 1. The monoisotopic (exact) mass is 506 g/mol. The van der Waals surface area contributed by atoms with Gasteiger partial charge in [-0.1, -0.05) is 19.3 Å². The average molecular weight is 507 g/mol. The van der Waals surface area contributed by atoms with Crippen LogP contribution in [0.4, 0.5) is 0 Å². The van der Waals surface area contributed by atoms with E-state index >= 15 is 0 Å². The van der Waals surface area contributed by atoms with Crippen LogP contribution in [-0.4, -0.2) is 85.1 Å². The first-order chi connectivity index (χ1) is 17.4. The van der Waals surface area contributed by atoms with Crippen molar-refractivity contribution in [3.8, 4) is 11.5 Å². The number of esters is 1. The Hall–Kier alpha value is -2.85. The first-order valence-electron chi connectivity index (χ1n) is 12.6. The van der Waals surface area contributed by atoms with Gasteiger partial charge in [-0.25, -0.2) is 4.79 Å². The van der Waals surface area contributed by atoms with E-state index in [1.165, 1.54) is 31.3 Å². The molecule has 10 nitrogen and oxygen atoms in total. The summed E-state index contributed by atoms with van der Waals surface area (Å²) < 4.78 is 15.9. The van der Waals surface area contributed by atoms with Gasteiger partial charge in [0.25, 0.3) is 0 Å². The van der Waals surface area contributed by atoms with Crippen LogP contribution in [0.3, 0.4) is 0 Å². The fourth-order valence-corrected chi connectivity index (χ4v) is 5.14. The van der Waals surface area contributed by atoms with Gasteiger partial charge in [-0.3, -0.25) is 9.59 Å². The van der Waals surface area contributed by atoms with Crippen molar-refractivity contribution in [2.24, 2.45) is 5.92 Å². The number of rotatable bonds is 11. The van der Waals surface area contributed by atoms with Crippen LogP contribution in [0.5, 0.6) is 11.5 Å². The summed E-state index contributed by atoms with van der Waals surface area (Å²) in [7, 11) is 2.76. The minimum absolute atomic E-state index is 0.00333. The number of phenols is 1. The standard InChI is InChI=1S/C26H38N2O8/c1-34-20-12-17(11-19(30)14-20)13-23(31)27-24(18-7-4-3-5-8-18)25(32)28-16-21(36-10-6-9-29)15-22(28)26(33)35-2/h11-12,14,18,21-22,24,29-30H,3-10,13,15-16H2,1-2H3,(H,27,31)/t21-,22+,24+/m1/s1. The molecule has 1 heterocycles. The Kier molecular flexibility index (Phi) is 10.4. The molecular weight excluding hydrogens is 468 g/mol. The molecule has 2 aliphatic rings. The van der Waals surface area contributed by atoms with Gasteiger partial charge in [0.05, 0.1) is 26.7 Å². The zero-order chi connectivity index (χ0) is 26.1. The lowest BCUT2D eigenvalue weighted by atomic mass is 9.83. The first-order valence-corrected chi connectivity index (χ1v) is 12.6. The van der Waals surface area contributed by atoms with Gasteiger partial charge in [0.2, 0.25) is 11.8 Å². The number of hydrogen-bond acceptors (Lipinski definition) is 8. The number of benzene rings is 1. The highest BCUT2D eigenvalue weighted by atomic mass is 16.5. The maximum Gasteiger partial charge on any atom is 0.328 e. The molecule has 3 rings (SSSR count). The summed E-state index contributed by atoms with van der Waals surface area (Å²) in [6.07, 6.45) is 5.04. The van der Waals surface area contributed by atoms with Gasteiger partial charge in [0, 0.05) is 32.2 Å². The smallest absolute Gasteiger partial charge is 0.328 e. The third kappa shape index (κ3) is 7.33. The number of ether oxygens (including phenoxy) is 3. The molecule has 3 atom stereocenters. The Labute approximate surface area is 211 Å². The second kappa shape index (κ2) is 13.5. The van der Waals surface area contributed by atoms with Crippen molar-refractivity contribution in [3.05, 3.63) is 23.8 Å². The molecule has 0 aromatic heterocycles. The minimum atomic E-state index is -0.792. The highest BCUT2D eigenvalue weighted by Crippen LogP contribution is 2.30. The van der Waals surface area contributed by atoms with E-state index in [1.807, 2.05) is 0 Å². The quantitative estimate of drug-likeness (QED) is 0.304. The molecule has 1 aliphatic carbocycles. The van der Waals surface area contributed by atoms with Crippen LogP contribution in [0, 0.1) is 5.92 Å². The molecule has 10 heteroatoms. The maximum absolute atomic E-state index is 13.8. The maximum atomic E-state index is 13.8. The molecular formula is C26H38N2O8. The normalized spacial score (nSPS) is 21.1. The molecule has 0 radical (unpaired) electrons. The number of phenolic OH excluding ortho intramolecular Hbond substituents is 1. The van der Waals surface area contributed by atoms with Crippen molar-refractivity contribution in [1.29, 1.82) is 0 Å². The third-order valence-electron chi connectivity index (χ3n) is 6.93. The number of nitrogens with one attached hydrogen (secondary N) is 1. The van der Waals surface area contributed by atoms with Gasteiger partial charge in [-0.05, 0) is 42.9 Å². The van der Waals surface area contributed by atoms with Gasteiger partial charge < -0.3 is 34.6 Å². The topological polar surface area (TPSA) is 135 Å². The fourth-order valence-electron chi connectivity index (χ4n) is 5.14. The summed E-state index contributed by atoms with van der Waals surface area (Å²) in [6.45, 7) is 0.538. The summed E-state index contributed by atoms with van der Waals surface area (Å²) in [6, 6.07) is 3.04. The minimum Gasteiger partial charge on any atom is -0.508 e. The Morgan fingerprint density at radius 3 is 2.56 bits per heavy atom. The number of aromatic hydroxyl groups is 1. The van der Waals surface area contributed by atoms with Crippen LogP contribution in [0.1, 0.15) is 50.5 Å². The average Bonchev–Trinajstić information content (AvgIpc) is 3.31. The number of carbonyl (C=O) groups is 3. The molecule has 0 bridgehead atoms. The second-order valence-electron chi connectivity index (χ2n) is 9.49. The van der Waals surface area contributed by atoms with Crippen LogP contribution in [0.25, 0.3) is 0 Å². The van der Waals surface area contributed by atoms with E-state index in [4.69, 9.17) is 19.3 Å². The molecule has 0 unspecified atom stereocenters. The third-order valence-corrected chi connectivity index (χ3v) is 6.93. The molecule has 1 aromatic rings. The summed E-state index contributed by atoms with van der Waals surface area (Å²) in [5.74, 6) is -0.799. The van der Waals surface area contributed by atoms with Crippen molar-refractivity contribution >= 4 is 17.8 Å².